The minimum Gasteiger partial charge on any atom is -0.489 e. The molecule has 0 radical (unpaired) electrons. The zero-order valence-electron chi connectivity index (χ0n) is 6.86. The van der Waals surface area contributed by atoms with E-state index in [1.165, 1.54) is 0 Å². The first kappa shape index (κ1) is 7.55. The highest BCUT2D eigenvalue weighted by molar-refractivity contribution is 5.17. The van der Waals surface area contributed by atoms with Gasteiger partial charge in [-0.2, -0.15) is 0 Å². The van der Waals surface area contributed by atoms with Crippen molar-refractivity contribution in [2.24, 2.45) is 0 Å². The molecule has 0 unspecified atom stereocenters. The fraction of sp³-hybridized carbons (Fsp3) is 0.444. The van der Waals surface area contributed by atoms with Crippen LogP contribution in [-0.4, -0.2) is 24.2 Å². The van der Waals surface area contributed by atoms with Crippen molar-refractivity contribution in [3.05, 3.63) is 24.5 Å². The Balaban J connectivity index is 1.94. The van der Waals surface area contributed by atoms with Gasteiger partial charge in [-0.3, -0.25) is 4.98 Å². The third-order valence-corrected chi connectivity index (χ3v) is 1.97. The molecule has 0 aliphatic carbocycles. The van der Waals surface area contributed by atoms with Gasteiger partial charge >= 0.3 is 0 Å². The molecule has 1 aliphatic heterocycles. The van der Waals surface area contributed by atoms with Gasteiger partial charge in [-0.05, 0) is 25.1 Å². The van der Waals surface area contributed by atoms with E-state index in [4.69, 9.17) is 4.74 Å². The van der Waals surface area contributed by atoms with E-state index in [-0.39, 0.29) is 0 Å². The molecule has 64 valence electrons. The van der Waals surface area contributed by atoms with E-state index in [0.717, 1.165) is 25.3 Å². The molecule has 1 aromatic heterocycles. The van der Waals surface area contributed by atoms with E-state index in [2.05, 4.69) is 10.3 Å². The van der Waals surface area contributed by atoms with Crippen molar-refractivity contribution < 1.29 is 4.74 Å². The molecule has 1 fully saturated rings. The summed E-state index contributed by atoms with van der Waals surface area (Å²) in [7, 11) is 0. The summed E-state index contributed by atoms with van der Waals surface area (Å²) in [5.74, 6) is 0.915. The number of pyridine rings is 1. The van der Waals surface area contributed by atoms with Crippen LogP contribution in [0.2, 0.25) is 0 Å². The van der Waals surface area contributed by atoms with Crippen molar-refractivity contribution in [2.75, 3.05) is 13.1 Å². The zero-order chi connectivity index (χ0) is 8.23. The molecule has 12 heavy (non-hydrogen) atoms. The van der Waals surface area contributed by atoms with Gasteiger partial charge in [0.15, 0.2) is 0 Å². The molecule has 3 nitrogen and oxygen atoms in total. The molecule has 1 aliphatic rings. The van der Waals surface area contributed by atoms with E-state index in [9.17, 15) is 0 Å². The Morgan fingerprint density at radius 1 is 1.42 bits per heavy atom. The Bertz CT molecular complexity index is 232. The largest absolute Gasteiger partial charge is 0.489 e. The Labute approximate surface area is 71.8 Å². The monoisotopic (exact) mass is 164 g/mol. The fourth-order valence-corrected chi connectivity index (χ4v) is 1.34. The number of nitrogens with zero attached hydrogens (tertiary/aromatic N) is 1. The van der Waals surface area contributed by atoms with Gasteiger partial charge in [-0.1, -0.05) is 0 Å². The summed E-state index contributed by atoms with van der Waals surface area (Å²) in [6.45, 7) is 2.03. The highest BCUT2D eigenvalue weighted by atomic mass is 16.5. The molecule has 2 heterocycles. The van der Waals surface area contributed by atoms with Crippen molar-refractivity contribution in [1.29, 1.82) is 0 Å². The maximum Gasteiger partial charge on any atom is 0.122 e. The van der Waals surface area contributed by atoms with Crippen LogP contribution in [-0.2, 0) is 0 Å². The summed E-state index contributed by atoms with van der Waals surface area (Å²) in [5, 5.41) is 3.25. The average molecular weight is 164 g/mol. The molecule has 0 saturated carbocycles. The van der Waals surface area contributed by atoms with Gasteiger partial charge in [0.25, 0.3) is 0 Å². The maximum absolute atomic E-state index is 5.67. The molecule has 2 rings (SSSR count). The molecule has 1 aromatic rings. The molecule has 1 saturated heterocycles. The maximum atomic E-state index is 5.67. The summed E-state index contributed by atoms with van der Waals surface area (Å²) in [4.78, 5) is 3.92. The predicted molar refractivity (Wildman–Crippen MR) is 46.1 cm³/mol. The highest BCUT2D eigenvalue weighted by Gasteiger charge is 2.15. The number of nitrogens with one attached hydrogen (secondary N) is 1. The minimum absolute atomic E-state index is 0.340. The lowest BCUT2D eigenvalue weighted by atomic mass is 10.3. The van der Waals surface area contributed by atoms with Crippen molar-refractivity contribution in [1.82, 2.24) is 10.3 Å². The molecule has 0 spiro atoms. The van der Waals surface area contributed by atoms with Gasteiger partial charge in [0.2, 0.25) is 0 Å². The van der Waals surface area contributed by atoms with Crippen LogP contribution in [0.1, 0.15) is 6.42 Å². The minimum atomic E-state index is 0.340. The van der Waals surface area contributed by atoms with Crippen LogP contribution in [0.4, 0.5) is 0 Å². The number of aromatic nitrogens is 1. The third-order valence-electron chi connectivity index (χ3n) is 1.97. The quantitative estimate of drug-likeness (QED) is 0.702. The second kappa shape index (κ2) is 3.54. The number of hydrogen-bond donors (Lipinski definition) is 1. The molecule has 0 aromatic carbocycles. The number of rotatable bonds is 2. The van der Waals surface area contributed by atoms with Gasteiger partial charge in [-0.25, -0.2) is 0 Å². The standard InChI is InChI=1S/C9H12N2O/c1-4-10-5-2-8(1)12-9-3-6-11-7-9/h1-2,4-5,9,11H,3,6-7H2/t9-/m0/s1. The molecule has 3 heteroatoms. The van der Waals surface area contributed by atoms with Crippen LogP contribution in [0.3, 0.4) is 0 Å². The summed E-state index contributed by atoms with van der Waals surface area (Å²) >= 11 is 0. The summed E-state index contributed by atoms with van der Waals surface area (Å²) < 4.78 is 5.67. The van der Waals surface area contributed by atoms with Crippen LogP contribution >= 0.6 is 0 Å². The topological polar surface area (TPSA) is 34.1 Å². The SMILES string of the molecule is c1cc(O[C@H]2CCNC2)ccn1. The van der Waals surface area contributed by atoms with Gasteiger partial charge in [-0.15, -0.1) is 0 Å². The van der Waals surface area contributed by atoms with Crippen molar-refractivity contribution in [2.45, 2.75) is 12.5 Å². The van der Waals surface area contributed by atoms with Crippen LogP contribution in [0.5, 0.6) is 5.75 Å². The summed E-state index contributed by atoms with van der Waals surface area (Å²) in [6, 6.07) is 3.77. The Morgan fingerprint density at radius 3 is 2.92 bits per heavy atom. The van der Waals surface area contributed by atoms with E-state index in [0.29, 0.717) is 6.10 Å². The van der Waals surface area contributed by atoms with E-state index in [1.54, 1.807) is 12.4 Å². The van der Waals surface area contributed by atoms with Gasteiger partial charge in [0.05, 0.1) is 0 Å². The van der Waals surface area contributed by atoms with Gasteiger partial charge in [0.1, 0.15) is 11.9 Å². The normalized spacial score (nSPS) is 22.5. The first-order valence-electron chi connectivity index (χ1n) is 4.22. The van der Waals surface area contributed by atoms with Crippen LogP contribution in [0.15, 0.2) is 24.5 Å². The molecular formula is C9H12N2O. The van der Waals surface area contributed by atoms with Crippen molar-refractivity contribution in [3.8, 4) is 5.75 Å². The van der Waals surface area contributed by atoms with E-state index >= 15 is 0 Å². The molecule has 0 bridgehead atoms. The Kier molecular flexibility index (Phi) is 2.23. The second-order valence-electron chi connectivity index (χ2n) is 2.92. The smallest absolute Gasteiger partial charge is 0.122 e. The van der Waals surface area contributed by atoms with E-state index < -0.39 is 0 Å². The predicted octanol–water partition coefficient (Wildman–Crippen LogP) is 0.822. The number of hydrogen-bond acceptors (Lipinski definition) is 3. The fourth-order valence-electron chi connectivity index (χ4n) is 1.34. The van der Waals surface area contributed by atoms with Crippen LogP contribution in [0, 0.1) is 0 Å². The summed E-state index contributed by atoms with van der Waals surface area (Å²) in [5.41, 5.74) is 0. The lowest BCUT2D eigenvalue weighted by Gasteiger charge is -2.11. The molecule has 1 N–H and O–H groups in total. The first-order valence-corrected chi connectivity index (χ1v) is 4.22. The van der Waals surface area contributed by atoms with Gasteiger partial charge < -0.3 is 10.1 Å². The molecule has 1 atom stereocenters. The van der Waals surface area contributed by atoms with Gasteiger partial charge in [0, 0.05) is 18.9 Å². The number of ether oxygens (including phenoxy) is 1. The lowest BCUT2D eigenvalue weighted by molar-refractivity contribution is 0.223. The average Bonchev–Trinajstić information content (AvgIpc) is 2.59. The van der Waals surface area contributed by atoms with Crippen LogP contribution in [0.25, 0.3) is 0 Å². The Morgan fingerprint density at radius 2 is 2.25 bits per heavy atom. The summed E-state index contributed by atoms with van der Waals surface area (Å²) in [6.07, 6.45) is 4.94. The first-order chi connectivity index (χ1) is 5.95. The van der Waals surface area contributed by atoms with Crippen molar-refractivity contribution in [3.63, 3.8) is 0 Å². The molecular weight excluding hydrogens is 152 g/mol. The van der Waals surface area contributed by atoms with Crippen LogP contribution < -0.4 is 10.1 Å². The third kappa shape index (κ3) is 1.74. The molecule has 0 amide bonds. The second-order valence-corrected chi connectivity index (χ2v) is 2.92. The lowest BCUT2D eigenvalue weighted by Crippen LogP contribution is -2.19. The van der Waals surface area contributed by atoms with Crippen molar-refractivity contribution >= 4 is 0 Å². The Hall–Kier alpha value is -1.09. The zero-order valence-corrected chi connectivity index (χ0v) is 6.86. The van der Waals surface area contributed by atoms with E-state index in [1.807, 2.05) is 12.1 Å². The highest BCUT2D eigenvalue weighted by Crippen LogP contribution is 2.12.